The van der Waals surface area contributed by atoms with Crippen LogP contribution in [0.4, 0.5) is 5.69 Å². The quantitative estimate of drug-likeness (QED) is 0.682. The Bertz CT molecular complexity index is 580. The average Bonchev–Trinajstić information content (AvgIpc) is 2.79. The molecular formula is C12H12ClN3O2. The van der Waals surface area contributed by atoms with Gasteiger partial charge in [0.1, 0.15) is 0 Å². The third-order valence-electron chi connectivity index (χ3n) is 2.68. The maximum Gasteiger partial charge on any atom is 0.275 e. The van der Waals surface area contributed by atoms with Gasteiger partial charge in [0, 0.05) is 25.0 Å². The van der Waals surface area contributed by atoms with Crippen molar-refractivity contribution in [3.8, 4) is 0 Å². The van der Waals surface area contributed by atoms with Crippen LogP contribution < -0.4 is 5.73 Å². The monoisotopic (exact) mass is 265 g/mol. The number of benzene rings is 1. The van der Waals surface area contributed by atoms with Crippen LogP contribution in [0.3, 0.4) is 0 Å². The van der Waals surface area contributed by atoms with Crippen LogP contribution in [-0.2, 0) is 13.1 Å². The summed E-state index contributed by atoms with van der Waals surface area (Å²) in [5, 5.41) is 11.3. The number of nitro groups is 1. The highest BCUT2D eigenvalue weighted by Gasteiger charge is 2.16. The zero-order chi connectivity index (χ0) is 13.1. The number of hydrogen-bond donors (Lipinski definition) is 1. The molecule has 0 atom stereocenters. The first-order valence-corrected chi connectivity index (χ1v) is 5.76. The molecule has 0 aliphatic rings. The minimum Gasteiger partial charge on any atom is -0.349 e. The third kappa shape index (κ3) is 2.52. The number of aromatic nitrogens is 1. The van der Waals surface area contributed by atoms with E-state index in [4.69, 9.17) is 17.3 Å². The minimum absolute atomic E-state index is 0.0329. The summed E-state index contributed by atoms with van der Waals surface area (Å²) in [5.41, 5.74) is 7.03. The SMILES string of the molecule is NCc1ccn(Cc2c(Cl)cccc2[N+](=O)[O-])c1. The lowest BCUT2D eigenvalue weighted by molar-refractivity contribution is -0.385. The van der Waals surface area contributed by atoms with Gasteiger partial charge in [-0.3, -0.25) is 10.1 Å². The number of nitro benzene ring substituents is 1. The number of rotatable bonds is 4. The Morgan fingerprint density at radius 1 is 1.39 bits per heavy atom. The first-order chi connectivity index (χ1) is 8.61. The molecule has 0 unspecified atom stereocenters. The summed E-state index contributed by atoms with van der Waals surface area (Å²) in [6.07, 6.45) is 3.68. The molecule has 0 aliphatic heterocycles. The molecule has 0 bridgehead atoms. The van der Waals surface area contributed by atoms with E-state index in [1.165, 1.54) is 6.07 Å². The van der Waals surface area contributed by atoms with Crippen LogP contribution >= 0.6 is 11.6 Å². The van der Waals surface area contributed by atoms with Gasteiger partial charge in [-0.1, -0.05) is 17.7 Å². The lowest BCUT2D eigenvalue weighted by Gasteiger charge is -2.06. The molecule has 0 radical (unpaired) electrons. The molecule has 2 N–H and O–H groups in total. The first-order valence-electron chi connectivity index (χ1n) is 5.38. The predicted octanol–water partition coefficient (Wildman–Crippen LogP) is 2.56. The number of nitrogens with two attached hydrogens (primary N) is 1. The Morgan fingerprint density at radius 2 is 2.17 bits per heavy atom. The van der Waals surface area contributed by atoms with Crippen molar-refractivity contribution < 1.29 is 4.92 Å². The van der Waals surface area contributed by atoms with Crippen molar-refractivity contribution in [1.82, 2.24) is 4.57 Å². The summed E-state index contributed by atoms with van der Waals surface area (Å²) >= 11 is 6.02. The van der Waals surface area contributed by atoms with Crippen molar-refractivity contribution in [3.63, 3.8) is 0 Å². The van der Waals surface area contributed by atoms with E-state index in [0.717, 1.165) is 5.56 Å². The summed E-state index contributed by atoms with van der Waals surface area (Å²) in [7, 11) is 0. The molecule has 0 amide bonds. The Kier molecular flexibility index (Phi) is 3.64. The number of nitrogens with zero attached hydrogens (tertiary/aromatic N) is 2. The van der Waals surface area contributed by atoms with Crippen molar-refractivity contribution in [1.29, 1.82) is 0 Å². The van der Waals surface area contributed by atoms with Crippen molar-refractivity contribution >= 4 is 17.3 Å². The smallest absolute Gasteiger partial charge is 0.275 e. The topological polar surface area (TPSA) is 74.1 Å². The molecule has 2 aromatic rings. The molecule has 0 saturated heterocycles. The van der Waals surface area contributed by atoms with Crippen molar-refractivity contribution in [2.75, 3.05) is 0 Å². The molecule has 1 aromatic heterocycles. The van der Waals surface area contributed by atoms with Gasteiger partial charge in [0.25, 0.3) is 5.69 Å². The van der Waals surface area contributed by atoms with E-state index in [2.05, 4.69) is 0 Å². The van der Waals surface area contributed by atoms with Gasteiger partial charge in [0.2, 0.25) is 0 Å². The van der Waals surface area contributed by atoms with E-state index in [1.807, 2.05) is 23.0 Å². The van der Waals surface area contributed by atoms with Crippen LogP contribution in [-0.4, -0.2) is 9.49 Å². The first kappa shape index (κ1) is 12.6. The molecule has 2 rings (SSSR count). The maximum atomic E-state index is 10.9. The summed E-state index contributed by atoms with van der Waals surface area (Å²) in [5.74, 6) is 0. The maximum absolute atomic E-state index is 10.9. The number of halogens is 1. The molecule has 18 heavy (non-hydrogen) atoms. The van der Waals surface area contributed by atoms with Crippen LogP contribution in [0.2, 0.25) is 5.02 Å². The largest absolute Gasteiger partial charge is 0.349 e. The zero-order valence-electron chi connectivity index (χ0n) is 9.54. The fourth-order valence-electron chi connectivity index (χ4n) is 1.77. The second kappa shape index (κ2) is 5.20. The molecule has 0 aliphatic carbocycles. The van der Waals surface area contributed by atoms with Gasteiger partial charge in [-0.25, -0.2) is 0 Å². The standard InChI is InChI=1S/C12H12ClN3O2/c13-11-2-1-3-12(16(17)18)10(11)8-15-5-4-9(6-14)7-15/h1-5,7H,6,8,14H2. The Labute approximate surface area is 109 Å². The molecule has 1 aromatic carbocycles. The van der Waals surface area contributed by atoms with E-state index in [1.54, 1.807) is 12.1 Å². The fraction of sp³-hybridized carbons (Fsp3) is 0.167. The summed E-state index contributed by atoms with van der Waals surface area (Å²) in [6.45, 7) is 0.799. The molecule has 0 spiro atoms. The zero-order valence-corrected chi connectivity index (χ0v) is 10.3. The van der Waals surface area contributed by atoms with E-state index in [0.29, 0.717) is 23.7 Å². The van der Waals surface area contributed by atoms with Gasteiger partial charge in [-0.2, -0.15) is 0 Å². The van der Waals surface area contributed by atoms with Crippen molar-refractivity contribution in [2.24, 2.45) is 5.73 Å². The van der Waals surface area contributed by atoms with Gasteiger partial charge in [-0.15, -0.1) is 0 Å². The van der Waals surface area contributed by atoms with Gasteiger partial charge >= 0.3 is 0 Å². The highest BCUT2D eigenvalue weighted by atomic mass is 35.5. The average molecular weight is 266 g/mol. The summed E-state index contributed by atoms with van der Waals surface area (Å²) in [6, 6.07) is 6.55. The minimum atomic E-state index is -0.422. The van der Waals surface area contributed by atoms with Crippen molar-refractivity contribution in [2.45, 2.75) is 13.1 Å². The molecule has 5 nitrogen and oxygen atoms in total. The van der Waals surface area contributed by atoms with Crippen LogP contribution in [0.25, 0.3) is 0 Å². The van der Waals surface area contributed by atoms with E-state index in [-0.39, 0.29) is 5.69 Å². The Balaban J connectivity index is 2.36. The summed E-state index contributed by atoms with van der Waals surface area (Å²) < 4.78 is 1.83. The van der Waals surface area contributed by atoms with E-state index >= 15 is 0 Å². The lowest BCUT2D eigenvalue weighted by Crippen LogP contribution is -2.02. The van der Waals surface area contributed by atoms with Gasteiger partial charge < -0.3 is 10.3 Å². The van der Waals surface area contributed by atoms with Crippen LogP contribution in [0, 0.1) is 10.1 Å². The second-order valence-electron chi connectivity index (χ2n) is 3.89. The van der Waals surface area contributed by atoms with Crippen molar-refractivity contribution in [3.05, 3.63) is 62.9 Å². The molecule has 1 heterocycles. The lowest BCUT2D eigenvalue weighted by atomic mass is 10.2. The van der Waals surface area contributed by atoms with Gasteiger partial charge in [-0.05, 0) is 17.7 Å². The molecule has 6 heteroatoms. The molecule has 94 valence electrons. The second-order valence-corrected chi connectivity index (χ2v) is 4.30. The third-order valence-corrected chi connectivity index (χ3v) is 3.03. The van der Waals surface area contributed by atoms with Crippen LogP contribution in [0.15, 0.2) is 36.7 Å². The van der Waals surface area contributed by atoms with Gasteiger partial charge in [0.05, 0.1) is 22.1 Å². The molecular weight excluding hydrogens is 254 g/mol. The fourth-order valence-corrected chi connectivity index (χ4v) is 2.00. The molecule has 0 saturated carbocycles. The summed E-state index contributed by atoms with van der Waals surface area (Å²) in [4.78, 5) is 10.5. The van der Waals surface area contributed by atoms with Crippen LogP contribution in [0.1, 0.15) is 11.1 Å². The highest BCUT2D eigenvalue weighted by molar-refractivity contribution is 6.31. The predicted molar refractivity (Wildman–Crippen MR) is 69.5 cm³/mol. The highest BCUT2D eigenvalue weighted by Crippen LogP contribution is 2.27. The number of hydrogen-bond acceptors (Lipinski definition) is 3. The van der Waals surface area contributed by atoms with E-state index in [9.17, 15) is 10.1 Å². The Morgan fingerprint density at radius 3 is 2.78 bits per heavy atom. The van der Waals surface area contributed by atoms with Crippen LogP contribution in [0.5, 0.6) is 0 Å². The van der Waals surface area contributed by atoms with Gasteiger partial charge in [0.15, 0.2) is 0 Å². The van der Waals surface area contributed by atoms with E-state index < -0.39 is 4.92 Å². The Hall–Kier alpha value is -1.85. The normalized spacial score (nSPS) is 10.6. The molecule has 0 fully saturated rings.